The number of thioether (sulfide) groups is 1. The minimum atomic E-state index is -0.00178. The van der Waals surface area contributed by atoms with Crippen molar-refractivity contribution in [2.75, 3.05) is 17.8 Å². The highest BCUT2D eigenvalue weighted by molar-refractivity contribution is 8.93. The highest BCUT2D eigenvalue weighted by Crippen LogP contribution is 2.27. The number of ether oxygens (including phenoxy) is 1. The molecule has 2 aromatic rings. The summed E-state index contributed by atoms with van der Waals surface area (Å²) in [6.45, 7) is 5.94. The van der Waals surface area contributed by atoms with E-state index in [9.17, 15) is 4.79 Å². The van der Waals surface area contributed by atoms with Crippen molar-refractivity contribution in [2.24, 2.45) is 0 Å². The summed E-state index contributed by atoms with van der Waals surface area (Å²) >= 11 is 1.85. The van der Waals surface area contributed by atoms with Gasteiger partial charge in [0.15, 0.2) is 0 Å². The van der Waals surface area contributed by atoms with Crippen LogP contribution in [-0.2, 0) is 17.8 Å². The molecule has 6 heteroatoms. The standard InChI is InChI=1S/C33H48N2O2S.BrH/c1-3-4-5-6-7-8-9-10-11-12-13-16-22-37-31-20-17-18-29(23-31)24-33(36)34-32-21-15-14-19-30(32)26-35-25-28(2)38-27-35;/h14-15,17-21,23,25H,3-13,16,22,24,26-27H2,1-2H3,(H,34,36);1H. The van der Waals surface area contributed by atoms with Gasteiger partial charge in [0, 0.05) is 18.4 Å². The van der Waals surface area contributed by atoms with E-state index >= 15 is 0 Å². The van der Waals surface area contributed by atoms with Gasteiger partial charge in [0.25, 0.3) is 0 Å². The van der Waals surface area contributed by atoms with Gasteiger partial charge in [0.1, 0.15) is 5.75 Å². The van der Waals surface area contributed by atoms with E-state index in [1.165, 1.54) is 75.5 Å². The van der Waals surface area contributed by atoms with E-state index < -0.39 is 0 Å². The Morgan fingerprint density at radius 1 is 0.897 bits per heavy atom. The van der Waals surface area contributed by atoms with Crippen LogP contribution in [0.1, 0.15) is 102 Å². The molecule has 0 fully saturated rings. The molecule has 0 saturated heterocycles. The number of carbonyl (C=O) groups is 1. The van der Waals surface area contributed by atoms with Gasteiger partial charge in [-0.25, -0.2) is 0 Å². The Morgan fingerprint density at radius 3 is 2.23 bits per heavy atom. The van der Waals surface area contributed by atoms with Gasteiger partial charge in [-0.1, -0.05) is 108 Å². The number of hydrogen-bond donors (Lipinski definition) is 1. The summed E-state index contributed by atoms with van der Waals surface area (Å²) in [5.41, 5.74) is 2.99. The number of unbranched alkanes of at least 4 members (excludes halogenated alkanes) is 11. The van der Waals surface area contributed by atoms with Gasteiger partial charge in [0.05, 0.1) is 18.9 Å². The van der Waals surface area contributed by atoms with Gasteiger partial charge in [-0.05, 0) is 47.6 Å². The minimum Gasteiger partial charge on any atom is -0.494 e. The third kappa shape index (κ3) is 13.8. The summed E-state index contributed by atoms with van der Waals surface area (Å²) in [5.74, 6) is 1.81. The molecule has 0 spiro atoms. The molecule has 4 nitrogen and oxygen atoms in total. The molecule has 0 unspecified atom stereocenters. The molecule has 1 N–H and O–H groups in total. The van der Waals surface area contributed by atoms with Crippen LogP contribution in [0.4, 0.5) is 5.69 Å². The van der Waals surface area contributed by atoms with Gasteiger partial charge < -0.3 is 15.0 Å². The lowest BCUT2D eigenvalue weighted by Gasteiger charge is -2.18. The predicted octanol–water partition coefficient (Wildman–Crippen LogP) is 9.89. The molecule has 2 aromatic carbocycles. The van der Waals surface area contributed by atoms with Crippen LogP contribution in [0.3, 0.4) is 0 Å². The Bertz CT molecular complexity index is 997. The second-order valence-electron chi connectivity index (χ2n) is 10.5. The van der Waals surface area contributed by atoms with E-state index in [1.54, 1.807) is 0 Å². The van der Waals surface area contributed by atoms with E-state index in [0.717, 1.165) is 48.0 Å². The maximum Gasteiger partial charge on any atom is 0.228 e. The maximum atomic E-state index is 12.8. The number of para-hydroxylation sites is 1. The largest absolute Gasteiger partial charge is 0.494 e. The number of rotatable bonds is 19. The lowest BCUT2D eigenvalue weighted by atomic mass is 10.1. The fraction of sp³-hybridized carbons (Fsp3) is 0.545. The van der Waals surface area contributed by atoms with Crippen LogP contribution < -0.4 is 10.1 Å². The molecule has 0 aliphatic carbocycles. The number of benzene rings is 2. The number of carbonyl (C=O) groups excluding carboxylic acids is 1. The van der Waals surface area contributed by atoms with Gasteiger partial charge in [0.2, 0.25) is 5.91 Å². The topological polar surface area (TPSA) is 41.6 Å². The van der Waals surface area contributed by atoms with Crippen LogP contribution in [0.15, 0.2) is 59.6 Å². The molecule has 0 radical (unpaired) electrons. The Kier molecular flexibility index (Phi) is 17.1. The average molecular weight is 618 g/mol. The number of halogens is 1. The molecular weight excluding hydrogens is 568 g/mol. The van der Waals surface area contributed by atoms with Crippen molar-refractivity contribution < 1.29 is 9.53 Å². The molecule has 216 valence electrons. The lowest BCUT2D eigenvalue weighted by molar-refractivity contribution is -0.115. The third-order valence-corrected chi connectivity index (χ3v) is 8.04. The highest BCUT2D eigenvalue weighted by Gasteiger charge is 2.13. The monoisotopic (exact) mass is 616 g/mol. The molecule has 0 aromatic heterocycles. The van der Waals surface area contributed by atoms with Crippen molar-refractivity contribution in [3.8, 4) is 5.75 Å². The van der Waals surface area contributed by atoms with Crippen LogP contribution in [-0.4, -0.2) is 23.3 Å². The maximum absolute atomic E-state index is 12.8. The molecule has 1 aliphatic heterocycles. The van der Waals surface area contributed by atoms with Gasteiger partial charge in [-0.2, -0.15) is 0 Å². The summed E-state index contributed by atoms with van der Waals surface area (Å²) in [5, 5.41) is 3.13. The molecule has 1 aliphatic rings. The smallest absolute Gasteiger partial charge is 0.228 e. The fourth-order valence-electron chi connectivity index (χ4n) is 4.86. The van der Waals surface area contributed by atoms with Crippen molar-refractivity contribution in [3.63, 3.8) is 0 Å². The normalized spacial score (nSPS) is 12.7. The summed E-state index contributed by atoms with van der Waals surface area (Å²) in [6, 6.07) is 16.0. The van der Waals surface area contributed by atoms with E-state index in [2.05, 4.69) is 36.3 Å². The number of nitrogens with zero attached hydrogens (tertiary/aromatic N) is 1. The molecule has 0 saturated carbocycles. The zero-order valence-corrected chi connectivity index (χ0v) is 26.6. The zero-order valence-electron chi connectivity index (χ0n) is 24.1. The second-order valence-corrected chi connectivity index (χ2v) is 11.7. The first-order valence-electron chi connectivity index (χ1n) is 14.8. The Labute approximate surface area is 252 Å². The fourth-order valence-corrected chi connectivity index (χ4v) is 5.62. The molecule has 1 amide bonds. The predicted molar refractivity (Wildman–Crippen MR) is 174 cm³/mol. The Balaban J connectivity index is 0.00000533. The summed E-state index contributed by atoms with van der Waals surface area (Å²) in [6.07, 6.45) is 18.6. The Hall–Kier alpha value is -1.92. The first kappa shape index (κ1) is 33.3. The van der Waals surface area contributed by atoms with Gasteiger partial charge >= 0.3 is 0 Å². The van der Waals surface area contributed by atoms with E-state index in [0.29, 0.717) is 6.42 Å². The SMILES string of the molecule is Br.CCCCCCCCCCCCCCOc1cccc(CC(=O)Nc2ccccc2CN2C=C(C)SC2)c1. The van der Waals surface area contributed by atoms with Crippen molar-refractivity contribution in [3.05, 3.63) is 70.8 Å². The third-order valence-electron chi connectivity index (χ3n) is 7.02. The van der Waals surface area contributed by atoms with Crippen molar-refractivity contribution in [1.29, 1.82) is 0 Å². The number of allylic oxidation sites excluding steroid dienone is 1. The van der Waals surface area contributed by atoms with E-state index in [4.69, 9.17) is 4.74 Å². The quantitative estimate of drug-likeness (QED) is 0.159. The summed E-state index contributed by atoms with van der Waals surface area (Å²) in [4.78, 5) is 16.4. The summed E-state index contributed by atoms with van der Waals surface area (Å²) in [7, 11) is 0. The van der Waals surface area contributed by atoms with Crippen LogP contribution >= 0.6 is 28.7 Å². The van der Waals surface area contributed by atoms with Crippen LogP contribution in [0.25, 0.3) is 0 Å². The van der Waals surface area contributed by atoms with Gasteiger partial charge in [-0.3, -0.25) is 4.79 Å². The number of anilines is 1. The molecule has 3 rings (SSSR count). The molecule has 0 atom stereocenters. The first-order valence-corrected chi connectivity index (χ1v) is 15.8. The zero-order chi connectivity index (χ0) is 26.8. The molecule has 0 bridgehead atoms. The molecule has 1 heterocycles. The van der Waals surface area contributed by atoms with Crippen molar-refractivity contribution in [2.45, 2.75) is 104 Å². The highest BCUT2D eigenvalue weighted by atomic mass is 79.9. The van der Waals surface area contributed by atoms with Crippen LogP contribution in [0.5, 0.6) is 5.75 Å². The minimum absolute atomic E-state index is 0. The van der Waals surface area contributed by atoms with Crippen LogP contribution in [0.2, 0.25) is 0 Å². The van der Waals surface area contributed by atoms with Crippen molar-refractivity contribution in [1.82, 2.24) is 4.90 Å². The number of nitrogens with one attached hydrogen (secondary N) is 1. The molecule has 39 heavy (non-hydrogen) atoms. The first-order chi connectivity index (χ1) is 18.6. The number of hydrogen-bond acceptors (Lipinski definition) is 4. The van der Waals surface area contributed by atoms with E-state index in [-0.39, 0.29) is 22.9 Å². The second kappa shape index (κ2) is 20.0. The van der Waals surface area contributed by atoms with Gasteiger partial charge in [-0.15, -0.1) is 28.7 Å². The lowest BCUT2D eigenvalue weighted by Crippen LogP contribution is -2.18. The Morgan fingerprint density at radius 2 is 1.56 bits per heavy atom. The average Bonchev–Trinajstić information content (AvgIpc) is 3.32. The van der Waals surface area contributed by atoms with Crippen LogP contribution in [0, 0.1) is 0 Å². The van der Waals surface area contributed by atoms with E-state index in [1.807, 2.05) is 54.2 Å². The van der Waals surface area contributed by atoms with Crippen molar-refractivity contribution >= 4 is 40.3 Å². The molecular formula is C33H49BrN2O2S. The number of amides is 1. The summed E-state index contributed by atoms with van der Waals surface area (Å²) < 4.78 is 6.00.